The van der Waals surface area contributed by atoms with Gasteiger partial charge in [-0.05, 0) is 98.7 Å². The second kappa shape index (κ2) is 12.1. The van der Waals surface area contributed by atoms with Crippen molar-refractivity contribution < 1.29 is 53.5 Å². The first-order chi connectivity index (χ1) is 27.7. The molecule has 1 aromatic rings. The number of aliphatic hydroxyl groups is 4. The smallest absolute Gasteiger partial charge is 0.362 e. The Labute approximate surface area is 340 Å². The van der Waals surface area contributed by atoms with E-state index in [4.69, 9.17) is 14.2 Å². The number of hydrogen-bond acceptors (Lipinski definition) is 11. The van der Waals surface area contributed by atoms with Crippen molar-refractivity contribution in [3.8, 4) is 0 Å². The van der Waals surface area contributed by atoms with Gasteiger partial charge in [-0.25, -0.2) is 9.59 Å². The molecule has 5 bridgehead atoms. The SMILES string of the molecule is CC[C@@H]1[C@H]2C[C@H]3[C@@H]4N(C)c5ccccc5[C@@]45C[C@@H]([C@@H]2[C@@H]5O)[N@+]3(CC(=O)O[C@@H]2CC[C@]3(C(=O)OC)[C@H]4CC[C@]5(C)[C@H](C6=CC(=O)OC6)CC[C@@]5(O)[C@@H]4CC[C@]3(O)C2)[C@@H]1O. The maximum absolute atomic E-state index is 14.6. The Balaban J connectivity index is 0.871. The summed E-state index contributed by atoms with van der Waals surface area (Å²) in [5, 5.41) is 50.6. The quantitative estimate of drug-likeness (QED) is 0.189. The number of ether oxygens (including phenoxy) is 3. The molecular weight excluding hydrogens is 741 g/mol. The minimum atomic E-state index is -1.50. The van der Waals surface area contributed by atoms with Crippen LogP contribution in [0.25, 0.3) is 0 Å². The molecule has 0 radical (unpaired) electrons. The Kier molecular flexibility index (Phi) is 7.90. The normalized spacial score (nSPS) is 52.6. The molecule has 5 aliphatic carbocycles. The topological polar surface area (TPSA) is 163 Å². The number of aliphatic hydroxyl groups excluding tert-OH is 2. The summed E-state index contributed by atoms with van der Waals surface area (Å²) >= 11 is 0. The fourth-order valence-electron chi connectivity index (χ4n) is 17.9. The first-order valence-electron chi connectivity index (χ1n) is 22.3. The van der Waals surface area contributed by atoms with Gasteiger partial charge in [0.2, 0.25) is 0 Å². The lowest BCUT2D eigenvalue weighted by Gasteiger charge is -2.67. The van der Waals surface area contributed by atoms with Crippen molar-refractivity contribution in [3.05, 3.63) is 41.5 Å². The van der Waals surface area contributed by atoms with E-state index in [0.717, 1.165) is 30.5 Å². The molecule has 9 fully saturated rings. The Morgan fingerprint density at radius 1 is 1.00 bits per heavy atom. The van der Waals surface area contributed by atoms with E-state index in [-0.39, 0.29) is 96.5 Å². The van der Waals surface area contributed by atoms with Crippen molar-refractivity contribution >= 4 is 23.6 Å². The Hall–Kier alpha value is -3.03. The van der Waals surface area contributed by atoms with Crippen molar-refractivity contribution in [2.24, 2.45) is 46.3 Å². The third kappa shape index (κ3) is 4.14. The Morgan fingerprint density at radius 2 is 1.78 bits per heavy atom. The van der Waals surface area contributed by atoms with Gasteiger partial charge in [0.05, 0.1) is 47.3 Å². The van der Waals surface area contributed by atoms with Gasteiger partial charge in [-0.2, -0.15) is 0 Å². The van der Waals surface area contributed by atoms with Crippen molar-refractivity contribution in [1.82, 2.24) is 0 Å². The number of anilines is 1. The number of rotatable bonds is 6. The van der Waals surface area contributed by atoms with E-state index in [1.165, 1.54) is 12.7 Å². The summed E-state index contributed by atoms with van der Waals surface area (Å²) in [4.78, 5) is 43.2. The van der Waals surface area contributed by atoms with E-state index in [0.29, 0.717) is 38.5 Å². The van der Waals surface area contributed by atoms with Crippen molar-refractivity contribution in [2.45, 2.75) is 144 Å². The largest absolute Gasteiger partial charge is 0.468 e. The summed E-state index contributed by atoms with van der Waals surface area (Å²) in [6.45, 7) is 4.49. The van der Waals surface area contributed by atoms with E-state index in [2.05, 4.69) is 44.0 Å². The lowest BCUT2D eigenvalue weighted by atomic mass is 9.41. The van der Waals surface area contributed by atoms with E-state index in [1.807, 2.05) is 6.07 Å². The molecule has 0 amide bonds. The van der Waals surface area contributed by atoms with Crippen molar-refractivity contribution in [2.75, 3.05) is 32.2 Å². The van der Waals surface area contributed by atoms with Crippen LogP contribution in [0, 0.1) is 46.3 Å². The van der Waals surface area contributed by atoms with Gasteiger partial charge in [0, 0.05) is 55.3 Å². The van der Waals surface area contributed by atoms with Crippen LogP contribution < -0.4 is 4.90 Å². The van der Waals surface area contributed by atoms with E-state index >= 15 is 0 Å². The lowest BCUT2D eigenvalue weighted by molar-refractivity contribution is -1.03. The number of fused-ring (bicyclic) bond motifs is 7. The summed E-state index contributed by atoms with van der Waals surface area (Å²) < 4.78 is 17.5. The second-order valence-electron chi connectivity index (χ2n) is 20.9. The summed E-state index contributed by atoms with van der Waals surface area (Å²) in [6, 6.07) is 8.21. The minimum absolute atomic E-state index is 0.00132. The van der Waals surface area contributed by atoms with Crippen LogP contribution in [-0.2, 0) is 34.0 Å². The molecule has 1 spiro atoms. The molecule has 12 heteroatoms. The summed E-state index contributed by atoms with van der Waals surface area (Å²) in [5.74, 6) is -1.64. The highest BCUT2D eigenvalue weighted by Gasteiger charge is 2.83. The zero-order valence-corrected chi connectivity index (χ0v) is 34.3. The van der Waals surface area contributed by atoms with Crippen molar-refractivity contribution in [1.29, 1.82) is 0 Å². The highest BCUT2D eigenvalue weighted by atomic mass is 16.6. The van der Waals surface area contributed by atoms with Gasteiger partial charge in [0.25, 0.3) is 0 Å². The average molecular weight is 802 g/mol. The number of quaternary nitrogens is 1. The number of nitrogens with zero attached hydrogens (tertiary/aromatic N) is 2. The number of cyclic esters (lactones) is 1. The number of benzene rings is 1. The van der Waals surface area contributed by atoms with Gasteiger partial charge < -0.3 is 39.5 Å². The zero-order chi connectivity index (χ0) is 40.5. The van der Waals surface area contributed by atoms with Crippen LogP contribution in [0.2, 0.25) is 0 Å². The summed E-state index contributed by atoms with van der Waals surface area (Å²) in [5.41, 5.74) is -1.55. The summed E-state index contributed by atoms with van der Waals surface area (Å²) in [7, 11) is 3.48. The first-order valence-corrected chi connectivity index (χ1v) is 22.3. The Bertz CT molecular complexity index is 2010. The van der Waals surface area contributed by atoms with Crippen molar-refractivity contribution in [3.63, 3.8) is 0 Å². The fraction of sp³-hybridized carbons (Fsp3) is 0.761. The van der Waals surface area contributed by atoms with E-state index in [1.54, 1.807) is 6.08 Å². The van der Waals surface area contributed by atoms with Gasteiger partial charge in [0.15, 0.2) is 12.8 Å². The van der Waals surface area contributed by atoms with Gasteiger partial charge in [-0.3, -0.25) is 9.28 Å². The second-order valence-corrected chi connectivity index (χ2v) is 20.9. The number of likely N-dealkylation sites (N-methyl/N-ethyl adjacent to an activating group) is 1. The number of carbonyl (C=O) groups excluding carboxylic acids is 3. The number of para-hydroxylation sites is 1. The molecule has 58 heavy (non-hydrogen) atoms. The first kappa shape index (κ1) is 37.9. The molecule has 11 aliphatic rings. The number of carbonyl (C=O) groups is 3. The molecule has 18 atom stereocenters. The molecule has 314 valence electrons. The molecule has 12 rings (SSSR count). The molecule has 0 unspecified atom stereocenters. The molecule has 12 nitrogen and oxygen atoms in total. The van der Waals surface area contributed by atoms with Crippen LogP contribution in [0.1, 0.15) is 96.5 Å². The molecule has 4 saturated heterocycles. The molecule has 5 saturated carbocycles. The van der Waals surface area contributed by atoms with E-state index < -0.39 is 57.8 Å². The van der Waals surface area contributed by atoms with Crippen LogP contribution >= 0.6 is 0 Å². The molecule has 6 heterocycles. The van der Waals surface area contributed by atoms with Gasteiger partial charge >= 0.3 is 17.9 Å². The fourth-order valence-corrected chi connectivity index (χ4v) is 17.9. The minimum Gasteiger partial charge on any atom is -0.468 e. The molecule has 4 N–H and O–H groups in total. The number of hydrogen-bond donors (Lipinski definition) is 4. The maximum Gasteiger partial charge on any atom is 0.362 e. The predicted molar refractivity (Wildman–Crippen MR) is 208 cm³/mol. The monoisotopic (exact) mass is 801 g/mol. The standard InChI is InChI=1S/C46H61N2O10/c1-5-26-27-19-33-38-44(31-8-6-7-9-32(31)47(38)3)21-34(37(27)39(44)51)48(33,40(26)52)22-36(50)58-25-10-16-45(41(53)56-4)29-11-14-42(2)28(24-18-35(49)57-23-24)13-17-46(42,55)30(29)12-15-43(45,54)20-25/h6-9,18,25-30,33-34,37-40,51-52,54-55H,5,10-17,19-23H2,1-4H3/q+1/t25-,26-,27-,28+,29+,30-,33+,34+,37-,38+,39+,40-,42-,43+,44+,45-,46-,48-/m1/s1. The predicted octanol–water partition coefficient (Wildman–Crippen LogP) is 3.51. The van der Waals surface area contributed by atoms with E-state index in [9.17, 15) is 34.8 Å². The van der Waals surface area contributed by atoms with Crippen LogP contribution in [0.3, 0.4) is 0 Å². The van der Waals surface area contributed by atoms with Crippen LogP contribution in [-0.4, -0.2) is 118 Å². The van der Waals surface area contributed by atoms with Gasteiger partial charge in [-0.15, -0.1) is 0 Å². The van der Waals surface area contributed by atoms with Crippen LogP contribution in [0.15, 0.2) is 35.9 Å². The Morgan fingerprint density at radius 3 is 2.52 bits per heavy atom. The number of methoxy groups -OCH3 is 1. The zero-order valence-electron chi connectivity index (χ0n) is 34.3. The molecule has 6 aliphatic heterocycles. The number of piperidine rings is 4. The average Bonchev–Trinajstić information content (AvgIpc) is 3.89. The lowest BCUT2D eigenvalue weighted by Crippen LogP contribution is -2.83. The third-order valence-corrected chi connectivity index (χ3v) is 19.9. The highest BCUT2D eigenvalue weighted by molar-refractivity contribution is 5.85. The molecular formula is C46H61N2O10+. The number of esters is 3. The van der Waals surface area contributed by atoms with Gasteiger partial charge in [0.1, 0.15) is 18.8 Å². The van der Waals surface area contributed by atoms with Crippen LogP contribution in [0.5, 0.6) is 0 Å². The third-order valence-electron chi connectivity index (χ3n) is 19.9. The highest BCUT2D eigenvalue weighted by Crippen LogP contribution is 2.73. The molecule has 1 aromatic carbocycles. The molecule has 0 aromatic heterocycles. The summed E-state index contributed by atoms with van der Waals surface area (Å²) in [6.07, 6.45) is 6.02. The van der Waals surface area contributed by atoms with Gasteiger partial charge in [-0.1, -0.05) is 32.0 Å². The van der Waals surface area contributed by atoms with Crippen LogP contribution in [0.4, 0.5) is 5.69 Å². The maximum atomic E-state index is 14.6.